The van der Waals surface area contributed by atoms with Crippen molar-refractivity contribution in [2.24, 2.45) is 20.0 Å². The molecule has 0 fully saturated rings. The fourth-order valence-electron chi connectivity index (χ4n) is 6.70. The monoisotopic (exact) mass is 658 g/mol. The van der Waals surface area contributed by atoms with Gasteiger partial charge in [0.2, 0.25) is 0 Å². The SMILES string of the molecule is Fc1cc2c(cc1F)/C1=N/c3c4cc(F)c(F)cc4c4n3B(Oc3cccc5ccccc35)n3c(c5cc(F)c(F)cc5c3=N4)=C=NC2=N1. The van der Waals surface area contributed by atoms with Crippen LogP contribution in [0.25, 0.3) is 32.3 Å². The molecule has 5 aromatic carbocycles. The fraction of sp³-hybridized carbons (Fsp3) is 0. The zero-order valence-electron chi connectivity index (χ0n) is 24.4. The summed E-state index contributed by atoms with van der Waals surface area (Å²) in [5.41, 5.74) is 0.225. The van der Waals surface area contributed by atoms with Gasteiger partial charge in [0.25, 0.3) is 0 Å². The maximum Gasteiger partial charge on any atom is 0.632 e. The van der Waals surface area contributed by atoms with Gasteiger partial charge in [0.05, 0.1) is 0 Å². The van der Waals surface area contributed by atoms with Crippen molar-refractivity contribution in [1.82, 2.24) is 8.96 Å². The predicted octanol–water partition coefficient (Wildman–Crippen LogP) is 6.50. The van der Waals surface area contributed by atoms with E-state index in [0.29, 0.717) is 11.1 Å². The molecule has 0 amide bonds. The Morgan fingerprint density at radius 3 is 1.88 bits per heavy atom. The highest BCUT2D eigenvalue weighted by Gasteiger charge is 2.40. The summed E-state index contributed by atoms with van der Waals surface area (Å²) in [6.07, 6.45) is 0. The molecule has 49 heavy (non-hydrogen) atoms. The van der Waals surface area contributed by atoms with E-state index in [-0.39, 0.29) is 66.8 Å². The summed E-state index contributed by atoms with van der Waals surface area (Å²) >= 11 is 0. The molecule has 0 N–H and O–H groups in total. The number of amidine groups is 2. The second-order valence-corrected chi connectivity index (χ2v) is 11.6. The van der Waals surface area contributed by atoms with E-state index in [1.807, 2.05) is 30.3 Å². The van der Waals surface area contributed by atoms with Crippen molar-refractivity contribution in [1.29, 1.82) is 0 Å². The van der Waals surface area contributed by atoms with Crippen LogP contribution in [0.2, 0.25) is 0 Å². The van der Waals surface area contributed by atoms with Crippen LogP contribution in [0, 0.1) is 34.9 Å². The molecule has 0 spiro atoms. The number of aromatic nitrogens is 2. The highest BCUT2D eigenvalue weighted by atomic mass is 19.2. The lowest BCUT2D eigenvalue weighted by Crippen LogP contribution is -2.52. The quantitative estimate of drug-likeness (QED) is 0.155. The molecular weight excluding hydrogens is 645 g/mol. The van der Waals surface area contributed by atoms with Crippen molar-refractivity contribution in [2.75, 3.05) is 0 Å². The van der Waals surface area contributed by atoms with Crippen LogP contribution in [0.1, 0.15) is 11.1 Å². The van der Waals surface area contributed by atoms with Crippen molar-refractivity contribution in [3.8, 4) is 5.75 Å². The first kappa shape index (κ1) is 27.7. The predicted molar refractivity (Wildman–Crippen MR) is 171 cm³/mol. The number of fused-ring (bicyclic) bond motifs is 11. The van der Waals surface area contributed by atoms with Gasteiger partial charge in [-0.05, 0) is 47.9 Å². The number of aliphatic imine (C=N–C) groups is 3. The summed E-state index contributed by atoms with van der Waals surface area (Å²) in [4.78, 5) is 18.3. The number of hydrogen-bond acceptors (Lipinski definition) is 5. The van der Waals surface area contributed by atoms with Crippen molar-refractivity contribution < 1.29 is 31.0 Å². The molecule has 0 aliphatic carbocycles. The Kier molecular flexibility index (Phi) is 5.42. The van der Waals surface area contributed by atoms with Crippen LogP contribution in [0.4, 0.5) is 38.0 Å². The van der Waals surface area contributed by atoms with Gasteiger partial charge in [0, 0.05) is 43.9 Å². The molecule has 3 aliphatic heterocycles. The molecule has 0 unspecified atom stereocenters. The normalized spacial score (nSPS) is 15.1. The van der Waals surface area contributed by atoms with Gasteiger partial charge in [-0.3, -0.25) is 4.48 Å². The highest BCUT2D eigenvalue weighted by Crippen LogP contribution is 2.42. The van der Waals surface area contributed by atoms with E-state index in [1.54, 1.807) is 12.1 Å². The zero-order valence-corrected chi connectivity index (χ0v) is 24.4. The van der Waals surface area contributed by atoms with Crippen LogP contribution in [-0.4, -0.2) is 33.7 Å². The lowest BCUT2D eigenvalue weighted by atomic mass is 9.97. The average Bonchev–Trinajstić information content (AvgIpc) is 3.67. The van der Waals surface area contributed by atoms with Gasteiger partial charge in [-0.25, -0.2) is 41.3 Å². The minimum atomic E-state index is -1.31. The van der Waals surface area contributed by atoms with Gasteiger partial charge in [0.15, 0.2) is 46.6 Å². The Hall–Kier alpha value is -6.40. The van der Waals surface area contributed by atoms with Crippen LogP contribution >= 0.6 is 0 Å². The first-order chi connectivity index (χ1) is 23.7. The maximum atomic E-state index is 15.0. The first-order valence-electron chi connectivity index (χ1n) is 14.8. The molecular formula is C35H13BF6N6O. The molecule has 7 nitrogen and oxygen atoms in total. The smallest absolute Gasteiger partial charge is 0.522 e. The number of hydrogen-bond donors (Lipinski definition) is 0. The van der Waals surface area contributed by atoms with Crippen molar-refractivity contribution in [3.63, 3.8) is 0 Å². The van der Waals surface area contributed by atoms with Crippen LogP contribution in [-0.2, 0) is 0 Å². The van der Waals surface area contributed by atoms with E-state index < -0.39 is 42.1 Å². The number of halogens is 6. The van der Waals surface area contributed by atoms with E-state index >= 15 is 0 Å². The van der Waals surface area contributed by atoms with E-state index in [9.17, 15) is 26.3 Å². The molecule has 2 aromatic heterocycles. The van der Waals surface area contributed by atoms with Gasteiger partial charge in [-0.2, -0.15) is 4.99 Å². The third-order valence-corrected chi connectivity index (χ3v) is 8.89. The topological polar surface area (TPSA) is 68.5 Å². The zero-order chi connectivity index (χ0) is 33.3. The summed E-state index contributed by atoms with van der Waals surface area (Å²) in [5.74, 6) is -3.97. The van der Waals surface area contributed by atoms with Crippen molar-refractivity contribution >= 4 is 68.7 Å². The van der Waals surface area contributed by atoms with E-state index in [4.69, 9.17) is 14.6 Å². The molecule has 14 heteroatoms. The third kappa shape index (κ3) is 3.77. The van der Waals surface area contributed by atoms with E-state index in [0.717, 1.165) is 41.8 Å². The van der Waals surface area contributed by atoms with Gasteiger partial charge in [-0.15, -0.1) is 0 Å². The number of nitrogens with zero attached hydrogens (tertiary/aromatic N) is 6. The third-order valence-electron chi connectivity index (χ3n) is 8.89. The Bertz CT molecular complexity index is 2940. The van der Waals surface area contributed by atoms with Gasteiger partial charge in [-0.1, -0.05) is 36.4 Å². The Morgan fingerprint density at radius 1 is 0.551 bits per heavy atom. The maximum absolute atomic E-state index is 15.0. The van der Waals surface area contributed by atoms with Crippen LogP contribution in [0.15, 0.2) is 98.8 Å². The molecule has 0 saturated carbocycles. The summed E-state index contributed by atoms with van der Waals surface area (Å²) in [6.45, 7) is 0. The lowest BCUT2D eigenvalue weighted by Gasteiger charge is -2.23. The summed E-state index contributed by atoms with van der Waals surface area (Å²) < 4.78 is 98.5. The van der Waals surface area contributed by atoms with Crippen molar-refractivity contribution in [2.45, 2.75) is 0 Å². The summed E-state index contributed by atoms with van der Waals surface area (Å²) in [5, 5.41) is 2.08. The van der Waals surface area contributed by atoms with E-state index in [1.165, 1.54) is 8.96 Å². The van der Waals surface area contributed by atoms with Crippen LogP contribution in [0.5, 0.6) is 5.75 Å². The molecule has 0 atom stereocenters. The molecule has 3 aliphatic rings. The standard InChI is InChI=1S/C35H13BF6N6O/c37-23-8-17-20(11-26(23)40)34-46-35-22-13-28(42)27(41)12-21(22)33-45-32-19-10-25(39)24(38)9-18(19)31(44-32)43-14-29(17)47(34)36(48(33)35)49-30-7-3-5-15-4-1-2-6-16(15)30/h1-13H/b45-32-. The molecule has 7 aromatic rings. The average molecular weight is 658 g/mol. The molecule has 5 heterocycles. The second kappa shape index (κ2) is 9.58. The minimum Gasteiger partial charge on any atom is -0.522 e. The minimum absolute atomic E-state index is 0.0258. The molecule has 4 bridgehead atoms. The van der Waals surface area contributed by atoms with Gasteiger partial charge < -0.3 is 9.13 Å². The fourth-order valence-corrected chi connectivity index (χ4v) is 6.70. The highest BCUT2D eigenvalue weighted by molar-refractivity contribution is 6.52. The van der Waals surface area contributed by atoms with Crippen LogP contribution in [0.3, 0.4) is 0 Å². The Morgan fingerprint density at radius 2 is 1.14 bits per heavy atom. The Labute approximate surface area is 269 Å². The van der Waals surface area contributed by atoms with Crippen LogP contribution < -0.4 is 15.5 Å². The van der Waals surface area contributed by atoms with E-state index in [2.05, 4.69) is 15.9 Å². The first-order valence-corrected chi connectivity index (χ1v) is 14.8. The summed E-state index contributed by atoms with van der Waals surface area (Å²) in [6, 6.07) is 18.5. The molecule has 10 rings (SSSR count). The number of benzene rings is 5. The summed E-state index contributed by atoms with van der Waals surface area (Å²) in [7, 11) is -1.31. The largest absolute Gasteiger partial charge is 0.632 e. The van der Waals surface area contributed by atoms with Gasteiger partial charge >= 0.3 is 7.19 Å². The van der Waals surface area contributed by atoms with Gasteiger partial charge in [0.1, 0.15) is 28.2 Å². The molecule has 0 saturated heterocycles. The second-order valence-electron chi connectivity index (χ2n) is 11.6. The van der Waals surface area contributed by atoms with Crippen molar-refractivity contribution in [3.05, 3.63) is 136 Å². The molecule has 0 radical (unpaired) electrons. The molecule has 234 valence electrons. The lowest BCUT2D eigenvalue weighted by molar-refractivity contribution is 0.508. The number of rotatable bonds is 2. The Balaban J connectivity index is 1.43.